The molecule has 0 aliphatic rings. The maximum absolute atomic E-state index is 12.4. The quantitative estimate of drug-likeness (QED) is 0.693. The Morgan fingerprint density at radius 2 is 2.04 bits per heavy atom. The zero-order valence-electron chi connectivity index (χ0n) is 15.3. The van der Waals surface area contributed by atoms with Gasteiger partial charge in [0.25, 0.3) is 12.3 Å². The molecule has 2 aromatic rings. The van der Waals surface area contributed by atoms with Gasteiger partial charge in [0.2, 0.25) is 11.8 Å². The summed E-state index contributed by atoms with van der Waals surface area (Å²) in [6.45, 7) is 2.72. The molecule has 0 saturated heterocycles. The van der Waals surface area contributed by atoms with Crippen LogP contribution in [0.15, 0.2) is 24.4 Å². The minimum Gasteiger partial charge on any atom is -0.471 e. The fourth-order valence-electron chi connectivity index (χ4n) is 2.19. The van der Waals surface area contributed by atoms with Crippen LogP contribution in [0.1, 0.15) is 35.0 Å². The van der Waals surface area contributed by atoms with Gasteiger partial charge in [-0.25, -0.2) is 18.7 Å². The summed E-state index contributed by atoms with van der Waals surface area (Å²) in [6.07, 6.45) is -0.966. The molecule has 0 atom stereocenters. The molecule has 2 amide bonds. The second kappa shape index (κ2) is 9.93. The van der Waals surface area contributed by atoms with Crippen molar-refractivity contribution in [1.82, 2.24) is 15.3 Å². The molecule has 150 valence electrons. The summed E-state index contributed by atoms with van der Waals surface area (Å²) in [5.41, 5.74) is 1.46. The molecule has 28 heavy (non-hydrogen) atoms. The lowest BCUT2D eigenvalue weighted by Crippen LogP contribution is -2.23. The molecule has 0 aliphatic carbocycles. The number of rotatable bonds is 8. The number of hydrogen-bond donors (Lipinski definition) is 2. The standard InChI is InChI=1S/C18H19ClF2N4O3/c1-3-16(26)25-15-6-12(4-10(2)24-15)17(27)22-7-11-5-13(19)18(23-8-11)28-9-14(20)21/h4-6,8,14H,3,7,9H2,1-2H3,(H,22,27)(H,24,25,26). The van der Waals surface area contributed by atoms with Crippen molar-refractivity contribution in [3.8, 4) is 5.88 Å². The molecule has 2 rings (SSSR count). The molecule has 2 aromatic heterocycles. The number of carbonyl (C=O) groups is 2. The van der Waals surface area contributed by atoms with Crippen LogP contribution in [0.2, 0.25) is 5.02 Å². The molecule has 7 nitrogen and oxygen atoms in total. The fourth-order valence-corrected chi connectivity index (χ4v) is 2.43. The van der Waals surface area contributed by atoms with Gasteiger partial charge in [-0.3, -0.25) is 9.59 Å². The molecule has 0 aliphatic heterocycles. The van der Waals surface area contributed by atoms with Gasteiger partial charge >= 0.3 is 0 Å². The van der Waals surface area contributed by atoms with Crippen LogP contribution in [0.25, 0.3) is 0 Å². The van der Waals surface area contributed by atoms with Crippen molar-refractivity contribution in [2.75, 3.05) is 11.9 Å². The minimum absolute atomic E-state index is 0.0664. The van der Waals surface area contributed by atoms with Gasteiger partial charge in [0.15, 0.2) is 6.61 Å². The predicted molar refractivity (Wildman–Crippen MR) is 99.8 cm³/mol. The first kappa shape index (κ1) is 21.5. The van der Waals surface area contributed by atoms with Crippen LogP contribution in [-0.2, 0) is 11.3 Å². The van der Waals surface area contributed by atoms with E-state index in [1.165, 1.54) is 18.3 Å². The van der Waals surface area contributed by atoms with E-state index in [4.69, 9.17) is 16.3 Å². The fraction of sp³-hybridized carbons (Fsp3) is 0.333. The third kappa shape index (κ3) is 6.41. The number of hydrogen-bond acceptors (Lipinski definition) is 5. The smallest absolute Gasteiger partial charge is 0.272 e. The first-order valence-corrected chi connectivity index (χ1v) is 8.78. The number of nitrogens with one attached hydrogen (secondary N) is 2. The van der Waals surface area contributed by atoms with E-state index in [0.717, 1.165) is 0 Å². The Kier molecular flexibility index (Phi) is 7.62. The lowest BCUT2D eigenvalue weighted by Gasteiger charge is -2.10. The van der Waals surface area contributed by atoms with E-state index in [1.807, 2.05) is 0 Å². The number of carbonyl (C=O) groups excluding carboxylic acids is 2. The molecule has 0 aromatic carbocycles. The zero-order valence-corrected chi connectivity index (χ0v) is 16.0. The van der Waals surface area contributed by atoms with Crippen molar-refractivity contribution in [3.05, 3.63) is 46.2 Å². The van der Waals surface area contributed by atoms with E-state index in [9.17, 15) is 18.4 Å². The van der Waals surface area contributed by atoms with Gasteiger partial charge in [0.1, 0.15) is 10.8 Å². The lowest BCUT2D eigenvalue weighted by atomic mass is 10.2. The highest BCUT2D eigenvalue weighted by atomic mass is 35.5. The topological polar surface area (TPSA) is 93.2 Å². The Morgan fingerprint density at radius 1 is 1.29 bits per heavy atom. The van der Waals surface area contributed by atoms with E-state index in [1.54, 1.807) is 19.9 Å². The molecule has 0 saturated carbocycles. The van der Waals surface area contributed by atoms with Crippen molar-refractivity contribution >= 4 is 29.2 Å². The molecule has 0 spiro atoms. The third-order valence-electron chi connectivity index (χ3n) is 3.47. The molecule has 10 heteroatoms. The molecular weight excluding hydrogens is 394 g/mol. The molecule has 0 radical (unpaired) electrons. The highest BCUT2D eigenvalue weighted by Crippen LogP contribution is 2.23. The second-order valence-corrected chi connectivity index (χ2v) is 6.21. The number of halogens is 3. The Balaban J connectivity index is 2.02. The van der Waals surface area contributed by atoms with E-state index < -0.39 is 13.0 Å². The van der Waals surface area contributed by atoms with Crippen LogP contribution in [0.3, 0.4) is 0 Å². The monoisotopic (exact) mass is 412 g/mol. The van der Waals surface area contributed by atoms with Gasteiger partial charge in [0, 0.05) is 30.4 Å². The Bertz CT molecular complexity index is 865. The minimum atomic E-state index is -2.63. The molecular formula is C18H19ClF2N4O3. The Morgan fingerprint density at radius 3 is 2.68 bits per heavy atom. The average Bonchev–Trinajstić information content (AvgIpc) is 2.64. The normalized spacial score (nSPS) is 10.6. The van der Waals surface area contributed by atoms with Gasteiger partial charge in [-0.15, -0.1) is 0 Å². The van der Waals surface area contributed by atoms with Crippen LogP contribution < -0.4 is 15.4 Å². The third-order valence-corrected chi connectivity index (χ3v) is 3.74. The lowest BCUT2D eigenvalue weighted by molar-refractivity contribution is -0.115. The number of anilines is 1. The van der Waals surface area contributed by atoms with Crippen LogP contribution in [0.4, 0.5) is 14.6 Å². The maximum atomic E-state index is 12.4. The Hall–Kier alpha value is -2.81. The van der Waals surface area contributed by atoms with Gasteiger partial charge in [-0.2, -0.15) is 0 Å². The second-order valence-electron chi connectivity index (χ2n) is 5.80. The summed E-state index contributed by atoms with van der Waals surface area (Å²) >= 11 is 5.96. The van der Waals surface area contributed by atoms with E-state index >= 15 is 0 Å². The number of aromatic nitrogens is 2. The molecule has 0 unspecified atom stereocenters. The van der Waals surface area contributed by atoms with Crippen molar-refractivity contribution in [2.24, 2.45) is 0 Å². The summed E-state index contributed by atoms with van der Waals surface area (Å²) < 4.78 is 29.1. The first-order chi connectivity index (χ1) is 13.3. The average molecular weight is 413 g/mol. The van der Waals surface area contributed by atoms with Crippen LogP contribution in [-0.4, -0.2) is 34.8 Å². The van der Waals surface area contributed by atoms with Crippen LogP contribution >= 0.6 is 11.6 Å². The Labute approximate surface area is 165 Å². The van der Waals surface area contributed by atoms with Crippen LogP contribution in [0, 0.1) is 6.92 Å². The molecule has 2 heterocycles. The number of nitrogens with zero attached hydrogens (tertiary/aromatic N) is 2. The number of ether oxygens (including phenoxy) is 1. The summed E-state index contributed by atoms with van der Waals surface area (Å²) in [5, 5.41) is 5.37. The van der Waals surface area contributed by atoms with Crippen molar-refractivity contribution in [2.45, 2.75) is 33.2 Å². The van der Waals surface area contributed by atoms with Crippen molar-refractivity contribution in [1.29, 1.82) is 0 Å². The number of aryl methyl sites for hydroxylation is 1. The summed E-state index contributed by atoms with van der Waals surface area (Å²) in [4.78, 5) is 31.9. The highest BCUT2D eigenvalue weighted by Gasteiger charge is 2.12. The zero-order chi connectivity index (χ0) is 20.7. The van der Waals surface area contributed by atoms with E-state index in [0.29, 0.717) is 29.1 Å². The number of alkyl halides is 2. The van der Waals surface area contributed by atoms with Crippen molar-refractivity contribution in [3.63, 3.8) is 0 Å². The van der Waals surface area contributed by atoms with Crippen LogP contribution in [0.5, 0.6) is 5.88 Å². The maximum Gasteiger partial charge on any atom is 0.272 e. The summed E-state index contributed by atoms with van der Waals surface area (Å²) in [7, 11) is 0. The van der Waals surface area contributed by atoms with Crippen molar-refractivity contribution < 1.29 is 23.1 Å². The van der Waals surface area contributed by atoms with Gasteiger partial charge in [-0.1, -0.05) is 18.5 Å². The number of pyridine rings is 2. The molecule has 0 bridgehead atoms. The SMILES string of the molecule is CCC(=O)Nc1cc(C(=O)NCc2cnc(OCC(F)F)c(Cl)c2)cc(C)n1. The predicted octanol–water partition coefficient (Wildman–Crippen LogP) is 3.36. The van der Waals surface area contributed by atoms with Gasteiger partial charge < -0.3 is 15.4 Å². The molecule has 2 N–H and O–H groups in total. The van der Waals surface area contributed by atoms with Gasteiger partial charge in [-0.05, 0) is 30.7 Å². The molecule has 0 fully saturated rings. The summed E-state index contributed by atoms with van der Waals surface area (Å²) in [5.74, 6) is -0.397. The largest absolute Gasteiger partial charge is 0.471 e. The van der Waals surface area contributed by atoms with Gasteiger partial charge in [0.05, 0.1) is 0 Å². The van der Waals surface area contributed by atoms with E-state index in [-0.39, 0.29) is 29.3 Å². The summed E-state index contributed by atoms with van der Waals surface area (Å²) in [6, 6.07) is 4.53. The first-order valence-electron chi connectivity index (χ1n) is 8.40. The highest BCUT2D eigenvalue weighted by molar-refractivity contribution is 6.31. The number of amides is 2. The van der Waals surface area contributed by atoms with E-state index in [2.05, 4.69) is 20.6 Å².